The van der Waals surface area contributed by atoms with E-state index in [1.54, 1.807) is 0 Å². The molecule has 1 amide bonds. The Morgan fingerprint density at radius 3 is 3.10 bits per heavy atom. The van der Waals surface area contributed by atoms with Gasteiger partial charge in [-0.25, -0.2) is 4.98 Å². The summed E-state index contributed by atoms with van der Waals surface area (Å²) in [6, 6.07) is 3.71. The maximum atomic E-state index is 12.1. The van der Waals surface area contributed by atoms with E-state index in [4.69, 9.17) is 11.6 Å². The first-order valence-electron chi connectivity index (χ1n) is 7.06. The quantitative estimate of drug-likeness (QED) is 0.868. The van der Waals surface area contributed by atoms with Crippen LogP contribution in [0.15, 0.2) is 24.5 Å². The van der Waals surface area contributed by atoms with Crippen LogP contribution in [-0.4, -0.2) is 26.7 Å². The molecule has 3 heterocycles. The number of fused-ring (bicyclic) bond motifs is 1. The molecule has 106 valence electrons. The molecular weight excluding hydrogens is 274 g/mol. The van der Waals surface area contributed by atoms with Crippen LogP contribution >= 0.6 is 11.6 Å². The van der Waals surface area contributed by atoms with E-state index in [9.17, 15) is 4.79 Å². The largest absolute Gasteiger partial charge is 0.337 e. The highest BCUT2D eigenvalue weighted by atomic mass is 35.5. The van der Waals surface area contributed by atoms with Gasteiger partial charge in [0.25, 0.3) is 0 Å². The van der Waals surface area contributed by atoms with E-state index in [-0.39, 0.29) is 5.91 Å². The molecule has 20 heavy (non-hydrogen) atoms. The van der Waals surface area contributed by atoms with Crippen molar-refractivity contribution < 1.29 is 4.79 Å². The summed E-state index contributed by atoms with van der Waals surface area (Å²) in [6.07, 6.45) is 6.62. The van der Waals surface area contributed by atoms with Crippen LogP contribution in [-0.2, 0) is 11.3 Å². The second kappa shape index (κ2) is 5.44. The first-order chi connectivity index (χ1) is 9.67. The number of carbonyl (C=O) groups excluding carboxylic acids is 1. The fourth-order valence-corrected chi connectivity index (χ4v) is 3.09. The third-order valence-corrected chi connectivity index (χ3v) is 4.11. The molecule has 0 aliphatic carbocycles. The lowest BCUT2D eigenvalue weighted by Gasteiger charge is -2.16. The van der Waals surface area contributed by atoms with Crippen molar-refractivity contribution in [3.63, 3.8) is 0 Å². The molecule has 0 bridgehead atoms. The first kappa shape index (κ1) is 13.4. The van der Waals surface area contributed by atoms with Gasteiger partial charge in [0.2, 0.25) is 5.91 Å². The summed E-state index contributed by atoms with van der Waals surface area (Å²) >= 11 is 6.03. The van der Waals surface area contributed by atoms with Gasteiger partial charge in [-0.15, -0.1) is 0 Å². The normalized spacial score (nSPS) is 19.2. The summed E-state index contributed by atoms with van der Waals surface area (Å²) in [6.45, 7) is 3.64. The minimum absolute atomic E-state index is 0.250. The Labute approximate surface area is 123 Å². The summed E-state index contributed by atoms with van der Waals surface area (Å²) in [5.41, 5.74) is 1.87. The van der Waals surface area contributed by atoms with E-state index in [0.717, 1.165) is 30.7 Å². The van der Waals surface area contributed by atoms with Crippen LogP contribution in [0.4, 0.5) is 0 Å². The van der Waals surface area contributed by atoms with E-state index in [1.807, 2.05) is 33.8 Å². The van der Waals surface area contributed by atoms with Gasteiger partial charge in [-0.1, -0.05) is 24.9 Å². The number of hydrogen-bond donors (Lipinski definition) is 0. The number of hydrogen-bond acceptors (Lipinski definition) is 2. The van der Waals surface area contributed by atoms with Crippen molar-refractivity contribution in [2.45, 2.75) is 32.7 Å². The van der Waals surface area contributed by atoms with Crippen molar-refractivity contribution in [1.82, 2.24) is 14.3 Å². The standard InChI is InChI=1S/C15H18ClN3O/c1-2-3-11-6-15(20)18(8-11)10-13-7-17-14-5-4-12(16)9-19(13)14/h4-5,7,9,11H,2-3,6,8,10H2,1H3. The highest BCUT2D eigenvalue weighted by Crippen LogP contribution is 2.24. The molecule has 5 heteroatoms. The fourth-order valence-electron chi connectivity index (χ4n) is 2.93. The van der Waals surface area contributed by atoms with Crippen LogP contribution in [0.25, 0.3) is 5.65 Å². The molecule has 3 rings (SSSR count). The number of aromatic nitrogens is 2. The van der Waals surface area contributed by atoms with Crippen LogP contribution < -0.4 is 0 Å². The molecule has 0 spiro atoms. The van der Waals surface area contributed by atoms with Gasteiger partial charge >= 0.3 is 0 Å². The lowest BCUT2D eigenvalue weighted by molar-refractivity contribution is -0.128. The number of likely N-dealkylation sites (tertiary alicyclic amines) is 1. The molecule has 0 radical (unpaired) electrons. The third-order valence-electron chi connectivity index (χ3n) is 3.89. The van der Waals surface area contributed by atoms with Crippen molar-refractivity contribution >= 4 is 23.2 Å². The van der Waals surface area contributed by atoms with Crippen molar-refractivity contribution in [1.29, 1.82) is 0 Å². The lowest BCUT2D eigenvalue weighted by Crippen LogP contribution is -2.25. The predicted molar refractivity (Wildman–Crippen MR) is 78.6 cm³/mol. The van der Waals surface area contributed by atoms with Crippen LogP contribution in [0.2, 0.25) is 5.02 Å². The molecular formula is C15H18ClN3O. The number of rotatable bonds is 4. The molecule has 1 atom stereocenters. The smallest absolute Gasteiger partial charge is 0.223 e. The number of nitrogens with zero attached hydrogens (tertiary/aromatic N) is 3. The van der Waals surface area contributed by atoms with Gasteiger partial charge < -0.3 is 9.30 Å². The lowest BCUT2D eigenvalue weighted by atomic mass is 10.0. The third kappa shape index (κ3) is 2.52. The SMILES string of the molecule is CCCC1CC(=O)N(Cc2cnc3ccc(Cl)cn23)C1. The van der Waals surface area contributed by atoms with Crippen molar-refractivity contribution in [2.24, 2.45) is 5.92 Å². The van der Waals surface area contributed by atoms with Crippen LogP contribution in [0.3, 0.4) is 0 Å². The van der Waals surface area contributed by atoms with Gasteiger partial charge in [-0.05, 0) is 24.5 Å². The second-order valence-corrected chi connectivity index (χ2v) is 5.89. The maximum absolute atomic E-state index is 12.1. The average molecular weight is 292 g/mol. The zero-order valence-electron chi connectivity index (χ0n) is 11.6. The van der Waals surface area contributed by atoms with Gasteiger partial charge in [0.1, 0.15) is 5.65 Å². The molecule has 1 saturated heterocycles. The van der Waals surface area contributed by atoms with Crippen molar-refractivity contribution in [2.75, 3.05) is 6.54 Å². The topological polar surface area (TPSA) is 37.6 Å². The molecule has 1 fully saturated rings. The monoisotopic (exact) mass is 291 g/mol. The molecule has 4 nitrogen and oxygen atoms in total. The molecule has 0 aromatic carbocycles. The number of pyridine rings is 1. The van der Waals surface area contributed by atoms with Gasteiger partial charge in [-0.3, -0.25) is 4.79 Å². The minimum Gasteiger partial charge on any atom is -0.337 e. The second-order valence-electron chi connectivity index (χ2n) is 5.46. The Morgan fingerprint density at radius 2 is 2.30 bits per heavy atom. The highest BCUT2D eigenvalue weighted by molar-refractivity contribution is 6.30. The molecule has 2 aromatic rings. The summed E-state index contributed by atoms with van der Waals surface area (Å²) in [7, 11) is 0. The van der Waals surface area contributed by atoms with E-state index in [1.165, 1.54) is 0 Å². The van der Waals surface area contributed by atoms with E-state index in [0.29, 0.717) is 23.9 Å². The van der Waals surface area contributed by atoms with Crippen LogP contribution in [0.5, 0.6) is 0 Å². The zero-order chi connectivity index (χ0) is 14.1. The Balaban J connectivity index is 1.80. The van der Waals surface area contributed by atoms with Gasteiger partial charge in [0.15, 0.2) is 0 Å². The van der Waals surface area contributed by atoms with Crippen LogP contribution in [0, 0.1) is 5.92 Å². The van der Waals surface area contributed by atoms with E-state index in [2.05, 4.69) is 11.9 Å². The number of imidazole rings is 1. The van der Waals surface area contributed by atoms with Crippen LogP contribution in [0.1, 0.15) is 31.9 Å². The highest BCUT2D eigenvalue weighted by Gasteiger charge is 2.29. The first-order valence-corrected chi connectivity index (χ1v) is 7.44. The Kier molecular flexibility index (Phi) is 3.66. The van der Waals surface area contributed by atoms with Crippen molar-refractivity contribution in [3.05, 3.63) is 35.2 Å². The van der Waals surface area contributed by atoms with Gasteiger partial charge in [0, 0.05) is 19.2 Å². The van der Waals surface area contributed by atoms with E-state index >= 15 is 0 Å². The molecule has 1 unspecified atom stereocenters. The number of halogens is 1. The average Bonchev–Trinajstić information content (AvgIpc) is 2.95. The van der Waals surface area contributed by atoms with Gasteiger partial charge in [-0.2, -0.15) is 0 Å². The zero-order valence-corrected chi connectivity index (χ0v) is 12.3. The Bertz CT molecular complexity index is 637. The minimum atomic E-state index is 0.250. The molecule has 1 aliphatic rings. The Hall–Kier alpha value is -1.55. The molecule has 1 aliphatic heterocycles. The van der Waals surface area contributed by atoms with Crippen molar-refractivity contribution in [3.8, 4) is 0 Å². The summed E-state index contributed by atoms with van der Waals surface area (Å²) < 4.78 is 1.96. The summed E-state index contributed by atoms with van der Waals surface area (Å²) in [5.74, 6) is 0.760. The van der Waals surface area contributed by atoms with Gasteiger partial charge in [0.05, 0.1) is 23.5 Å². The number of carbonyl (C=O) groups is 1. The Morgan fingerprint density at radius 1 is 1.45 bits per heavy atom. The predicted octanol–water partition coefficient (Wildman–Crippen LogP) is 3.14. The fraction of sp³-hybridized carbons (Fsp3) is 0.467. The maximum Gasteiger partial charge on any atom is 0.223 e. The molecule has 2 aromatic heterocycles. The summed E-state index contributed by atoms with van der Waals surface area (Å²) in [4.78, 5) is 18.3. The molecule has 0 saturated carbocycles. The summed E-state index contributed by atoms with van der Waals surface area (Å²) in [5, 5.41) is 0.674. The molecule has 0 N–H and O–H groups in total. The number of amides is 1. The van der Waals surface area contributed by atoms with E-state index < -0.39 is 0 Å².